The zero-order chi connectivity index (χ0) is 21.0. The van der Waals surface area contributed by atoms with Gasteiger partial charge in [-0.3, -0.25) is 9.69 Å². The number of Topliss-reactive ketones (excluding diaryl/α,β-unsaturated/α-hetero) is 1. The van der Waals surface area contributed by atoms with Crippen LogP contribution in [0.1, 0.15) is 44.0 Å². The molecular weight excluding hydrogens is 374 g/mol. The number of ketones is 1. The van der Waals surface area contributed by atoms with Crippen molar-refractivity contribution in [2.75, 3.05) is 33.5 Å². The van der Waals surface area contributed by atoms with E-state index in [1.807, 2.05) is 32.9 Å². The van der Waals surface area contributed by atoms with Gasteiger partial charge in [-0.15, -0.1) is 0 Å². The third kappa shape index (κ3) is 5.48. The Kier molecular flexibility index (Phi) is 6.80. The van der Waals surface area contributed by atoms with Gasteiger partial charge in [-0.05, 0) is 57.9 Å². The zero-order valence-electron chi connectivity index (χ0n) is 17.7. The van der Waals surface area contributed by atoms with Crippen LogP contribution < -0.4 is 4.74 Å². The molecule has 2 heterocycles. The highest BCUT2D eigenvalue weighted by Crippen LogP contribution is 2.34. The first kappa shape index (κ1) is 21.6. The Morgan fingerprint density at radius 1 is 1.07 bits per heavy atom. The highest BCUT2D eigenvalue weighted by molar-refractivity contribution is 5.98. The summed E-state index contributed by atoms with van der Waals surface area (Å²) in [5, 5.41) is 0. The summed E-state index contributed by atoms with van der Waals surface area (Å²) < 4.78 is 21.8. The summed E-state index contributed by atoms with van der Waals surface area (Å²) in [7, 11) is 1.62. The minimum Gasteiger partial charge on any atom is -0.491 e. The number of methoxy groups -OCH3 is 1. The number of morpholine rings is 1. The summed E-state index contributed by atoms with van der Waals surface area (Å²) in [6.45, 7) is 7.43. The van der Waals surface area contributed by atoms with Crippen molar-refractivity contribution in [3.63, 3.8) is 0 Å². The minimum absolute atomic E-state index is 0.106. The standard InChI is InChI=1S/C22H31NO6/c1-22(2,3)29-21(25)23-17-11-16(12-18(23)14-27-13-17)20(24)15-5-7-19(8-6-15)28-10-9-26-4/h5-8,16-18H,9-14H2,1-4H3. The van der Waals surface area contributed by atoms with Gasteiger partial charge < -0.3 is 18.9 Å². The average molecular weight is 405 g/mol. The Morgan fingerprint density at radius 3 is 2.24 bits per heavy atom. The van der Waals surface area contributed by atoms with Gasteiger partial charge in [-0.25, -0.2) is 4.79 Å². The lowest BCUT2D eigenvalue weighted by molar-refractivity contribution is -0.0861. The van der Waals surface area contributed by atoms with Crippen LogP contribution in [0.25, 0.3) is 0 Å². The lowest BCUT2D eigenvalue weighted by Gasteiger charge is -2.47. The second kappa shape index (κ2) is 9.13. The van der Waals surface area contributed by atoms with Crippen LogP contribution in [0, 0.1) is 5.92 Å². The quantitative estimate of drug-likeness (QED) is 0.534. The molecule has 2 fully saturated rings. The van der Waals surface area contributed by atoms with Gasteiger partial charge >= 0.3 is 6.09 Å². The Bertz CT molecular complexity index is 697. The highest BCUT2D eigenvalue weighted by atomic mass is 16.6. The molecule has 0 N–H and O–H groups in total. The van der Waals surface area contributed by atoms with E-state index in [0.29, 0.717) is 50.6 Å². The van der Waals surface area contributed by atoms with Crippen molar-refractivity contribution >= 4 is 11.9 Å². The molecule has 1 amide bonds. The molecule has 2 bridgehead atoms. The van der Waals surface area contributed by atoms with E-state index in [-0.39, 0.29) is 29.9 Å². The van der Waals surface area contributed by atoms with Gasteiger partial charge in [-0.2, -0.15) is 0 Å². The van der Waals surface area contributed by atoms with Gasteiger partial charge in [0.2, 0.25) is 0 Å². The number of ether oxygens (including phenoxy) is 4. The smallest absolute Gasteiger partial charge is 0.410 e. The Morgan fingerprint density at radius 2 is 1.69 bits per heavy atom. The van der Waals surface area contributed by atoms with E-state index >= 15 is 0 Å². The molecule has 0 saturated carbocycles. The lowest BCUT2D eigenvalue weighted by Crippen LogP contribution is -2.60. The van der Waals surface area contributed by atoms with Gasteiger partial charge in [0.1, 0.15) is 18.0 Å². The molecule has 29 heavy (non-hydrogen) atoms. The molecule has 0 aliphatic carbocycles. The average Bonchev–Trinajstić information content (AvgIpc) is 2.66. The van der Waals surface area contributed by atoms with Crippen LogP contribution in [-0.2, 0) is 14.2 Å². The molecule has 0 spiro atoms. The number of carbonyl (C=O) groups excluding carboxylic acids is 2. The van der Waals surface area contributed by atoms with Gasteiger partial charge in [0.15, 0.2) is 5.78 Å². The van der Waals surface area contributed by atoms with E-state index in [4.69, 9.17) is 18.9 Å². The maximum absolute atomic E-state index is 13.1. The van der Waals surface area contributed by atoms with Crippen molar-refractivity contribution in [1.29, 1.82) is 0 Å². The molecule has 2 saturated heterocycles. The van der Waals surface area contributed by atoms with Crippen molar-refractivity contribution in [1.82, 2.24) is 4.90 Å². The summed E-state index contributed by atoms with van der Waals surface area (Å²) in [4.78, 5) is 27.5. The summed E-state index contributed by atoms with van der Waals surface area (Å²) in [6, 6.07) is 6.95. The molecule has 2 aliphatic heterocycles. The van der Waals surface area contributed by atoms with Crippen LogP contribution in [0.15, 0.2) is 24.3 Å². The monoisotopic (exact) mass is 405 g/mol. The van der Waals surface area contributed by atoms with Crippen molar-refractivity contribution < 1.29 is 28.5 Å². The number of hydrogen-bond donors (Lipinski definition) is 0. The second-order valence-electron chi connectivity index (χ2n) is 8.63. The third-order valence-corrected chi connectivity index (χ3v) is 5.19. The van der Waals surface area contributed by atoms with Crippen LogP contribution in [0.2, 0.25) is 0 Å². The molecule has 2 unspecified atom stereocenters. The zero-order valence-corrected chi connectivity index (χ0v) is 17.7. The first-order valence-electron chi connectivity index (χ1n) is 10.1. The topological polar surface area (TPSA) is 74.3 Å². The number of carbonyl (C=O) groups is 2. The number of fused-ring (bicyclic) bond motifs is 2. The SMILES string of the molecule is COCCOc1ccc(C(=O)C2CC3COCC(C2)N3C(=O)OC(C)(C)C)cc1. The van der Waals surface area contributed by atoms with Crippen LogP contribution in [0.3, 0.4) is 0 Å². The maximum atomic E-state index is 13.1. The van der Waals surface area contributed by atoms with E-state index in [0.717, 1.165) is 0 Å². The molecule has 2 atom stereocenters. The van der Waals surface area contributed by atoms with Crippen molar-refractivity contribution in [2.45, 2.75) is 51.3 Å². The van der Waals surface area contributed by atoms with Crippen molar-refractivity contribution in [2.24, 2.45) is 5.92 Å². The molecule has 7 nitrogen and oxygen atoms in total. The normalized spacial score (nSPS) is 24.1. The molecule has 1 aromatic rings. The minimum atomic E-state index is -0.550. The fraction of sp³-hybridized carbons (Fsp3) is 0.636. The summed E-state index contributed by atoms with van der Waals surface area (Å²) in [6.07, 6.45) is 0.848. The molecular formula is C22H31NO6. The number of hydrogen-bond acceptors (Lipinski definition) is 6. The van der Waals surface area contributed by atoms with E-state index in [1.54, 1.807) is 24.1 Å². The van der Waals surface area contributed by atoms with Gasteiger partial charge in [0.05, 0.1) is 31.9 Å². The number of amides is 1. The van der Waals surface area contributed by atoms with Crippen LogP contribution in [0.4, 0.5) is 4.79 Å². The predicted octanol–water partition coefficient (Wildman–Crippen LogP) is 3.31. The highest BCUT2D eigenvalue weighted by Gasteiger charge is 2.45. The van der Waals surface area contributed by atoms with Gasteiger partial charge in [0, 0.05) is 18.6 Å². The number of nitrogens with zero attached hydrogens (tertiary/aromatic N) is 1. The van der Waals surface area contributed by atoms with E-state index < -0.39 is 5.60 Å². The third-order valence-electron chi connectivity index (χ3n) is 5.19. The maximum Gasteiger partial charge on any atom is 0.410 e. The summed E-state index contributed by atoms with van der Waals surface area (Å²) >= 11 is 0. The van der Waals surface area contributed by atoms with Crippen LogP contribution in [0.5, 0.6) is 5.75 Å². The number of piperidine rings is 1. The first-order chi connectivity index (χ1) is 13.8. The van der Waals surface area contributed by atoms with E-state index in [1.165, 1.54) is 0 Å². The van der Waals surface area contributed by atoms with Crippen LogP contribution >= 0.6 is 0 Å². The largest absolute Gasteiger partial charge is 0.491 e. The molecule has 0 aromatic heterocycles. The first-order valence-corrected chi connectivity index (χ1v) is 10.1. The summed E-state index contributed by atoms with van der Waals surface area (Å²) in [5.41, 5.74) is 0.116. The molecule has 7 heteroatoms. The van der Waals surface area contributed by atoms with Crippen molar-refractivity contribution in [3.8, 4) is 5.75 Å². The van der Waals surface area contributed by atoms with E-state index in [9.17, 15) is 9.59 Å². The molecule has 160 valence electrons. The lowest BCUT2D eigenvalue weighted by atomic mass is 9.81. The molecule has 2 aliphatic rings. The fourth-order valence-electron chi connectivity index (χ4n) is 3.94. The number of rotatable bonds is 6. The Hall–Kier alpha value is -2.12. The van der Waals surface area contributed by atoms with E-state index in [2.05, 4.69) is 0 Å². The van der Waals surface area contributed by atoms with Gasteiger partial charge in [-0.1, -0.05) is 0 Å². The Balaban J connectivity index is 1.64. The Labute approximate surface area is 172 Å². The molecule has 1 aromatic carbocycles. The molecule has 0 radical (unpaired) electrons. The van der Waals surface area contributed by atoms with Crippen LogP contribution in [-0.4, -0.2) is 68.0 Å². The van der Waals surface area contributed by atoms with Crippen molar-refractivity contribution in [3.05, 3.63) is 29.8 Å². The second-order valence-corrected chi connectivity index (χ2v) is 8.63. The number of benzene rings is 1. The predicted molar refractivity (Wildman–Crippen MR) is 107 cm³/mol. The van der Waals surface area contributed by atoms with Gasteiger partial charge in [0.25, 0.3) is 0 Å². The summed E-state index contributed by atoms with van der Waals surface area (Å²) in [5.74, 6) is 0.686. The fourth-order valence-corrected chi connectivity index (χ4v) is 3.94. The molecule has 3 rings (SSSR count).